The largest absolute Gasteiger partial charge is 0.373 e. The SMILES string of the molecule is Cc1cn(CC2(C)CCCO2)c(NC2CC2)n1. The molecule has 17 heavy (non-hydrogen) atoms. The lowest BCUT2D eigenvalue weighted by Crippen LogP contribution is -2.30. The van der Waals surface area contributed by atoms with Crippen LogP contribution < -0.4 is 5.32 Å². The van der Waals surface area contributed by atoms with Crippen LogP contribution in [0.15, 0.2) is 6.20 Å². The van der Waals surface area contributed by atoms with Gasteiger partial charge in [-0.2, -0.15) is 0 Å². The summed E-state index contributed by atoms with van der Waals surface area (Å²) in [5.74, 6) is 1.02. The first-order chi connectivity index (χ1) is 8.15. The molecule has 4 heteroatoms. The molecule has 1 aromatic rings. The second-order valence-electron chi connectivity index (χ2n) is 5.65. The van der Waals surface area contributed by atoms with E-state index in [1.165, 1.54) is 19.3 Å². The van der Waals surface area contributed by atoms with Gasteiger partial charge >= 0.3 is 0 Å². The van der Waals surface area contributed by atoms with Gasteiger partial charge in [-0.3, -0.25) is 0 Å². The van der Waals surface area contributed by atoms with Crippen molar-refractivity contribution in [1.29, 1.82) is 0 Å². The van der Waals surface area contributed by atoms with Crippen LogP contribution in [0.5, 0.6) is 0 Å². The molecule has 3 rings (SSSR count). The Kier molecular flexibility index (Phi) is 2.62. The lowest BCUT2D eigenvalue weighted by atomic mass is 10.0. The summed E-state index contributed by atoms with van der Waals surface area (Å²) in [5, 5.41) is 3.49. The van der Waals surface area contributed by atoms with E-state index in [1.807, 2.05) is 6.92 Å². The van der Waals surface area contributed by atoms with Crippen LogP contribution in [0, 0.1) is 6.92 Å². The summed E-state index contributed by atoms with van der Waals surface area (Å²) in [6, 6.07) is 0.646. The van der Waals surface area contributed by atoms with E-state index in [0.717, 1.165) is 31.2 Å². The first-order valence-corrected chi connectivity index (χ1v) is 6.59. The molecule has 0 aromatic carbocycles. The van der Waals surface area contributed by atoms with Crippen molar-refractivity contribution in [3.8, 4) is 0 Å². The first kappa shape index (κ1) is 11.1. The van der Waals surface area contributed by atoms with Crippen LogP contribution in [0.25, 0.3) is 0 Å². The van der Waals surface area contributed by atoms with E-state index in [1.54, 1.807) is 0 Å². The molecule has 1 saturated carbocycles. The van der Waals surface area contributed by atoms with Crippen molar-refractivity contribution >= 4 is 5.95 Å². The number of anilines is 1. The van der Waals surface area contributed by atoms with Gasteiger partial charge in [0.25, 0.3) is 0 Å². The van der Waals surface area contributed by atoms with E-state index < -0.39 is 0 Å². The highest BCUT2D eigenvalue weighted by atomic mass is 16.5. The Hall–Kier alpha value is -1.03. The zero-order chi connectivity index (χ0) is 11.9. The Labute approximate surface area is 102 Å². The fourth-order valence-corrected chi connectivity index (χ4v) is 2.51. The summed E-state index contributed by atoms with van der Waals surface area (Å²) in [4.78, 5) is 4.56. The lowest BCUT2D eigenvalue weighted by Gasteiger charge is -2.24. The van der Waals surface area contributed by atoms with Crippen molar-refractivity contribution in [1.82, 2.24) is 9.55 Å². The Morgan fingerprint density at radius 1 is 1.59 bits per heavy atom. The fraction of sp³-hybridized carbons (Fsp3) is 0.769. The molecular weight excluding hydrogens is 214 g/mol. The third kappa shape index (κ3) is 2.46. The molecule has 1 aromatic heterocycles. The third-order valence-electron chi connectivity index (χ3n) is 3.61. The molecule has 1 atom stereocenters. The highest BCUT2D eigenvalue weighted by Crippen LogP contribution is 2.29. The maximum absolute atomic E-state index is 5.85. The van der Waals surface area contributed by atoms with Crippen LogP contribution in [0.1, 0.15) is 38.3 Å². The topological polar surface area (TPSA) is 39.1 Å². The van der Waals surface area contributed by atoms with Crippen molar-refractivity contribution < 1.29 is 4.74 Å². The number of rotatable bonds is 4. The zero-order valence-electron chi connectivity index (χ0n) is 10.7. The Bertz CT molecular complexity index is 403. The number of nitrogens with zero attached hydrogens (tertiary/aromatic N) is 2. The van der Waals surface area contributed by atoms with E-state index in [0.29, 0.717) is 6.04 Å². The number of hydrogen-bond donors (Lipinski definition) is 1. The molecule has 1 aliphatic heterocycles. The van der Waals surface area contributed by atoms with Crippen molar-refractivity contribution in [2.45, 2.75) is 57.7 Å². The molecule has 0 radical (unpaired) electrons. The number of nitrogens with one attached hydrogen (secondary N) is 1. The summed E-state index contributed by atoms with van der Waals surface area (Å²) in [6.07, 6.45) is 7.00. The summed E-state index contributed by atoms with van der Waals surface area (Å²) >= 11 is 0. The summed E-state index contributed by atoms with van der Waals surface area (Å²) in [7, 11) is 0. The molecule has 0 spiro atoms. The van der Waals surface area contributed by atoms with Crippen LogP contribution >= 0.6 is 0 Å². The maximum Gasteiger partial charge on any atom is 0.203 e. The molecule has 2 aliphatic rings. The van der Waals surface area contributed by atoms with Crippen molar-refractivity contribution in [3.63, 3.8) is 0 Å². The van der Waals surface area contributed by atoms with E-state index in [2.05, 4.69) is 28.0 Å². The normalized spacial score (nSPS) is 28.6. The minimum Gasteiger partial charge on any atom is -0.373 e. The van der Waals surface area contributed by atoms with Crippen LogP contribution in [0.2, 0.25) is 0 Å². The zero-order valence-corrected chi connectivity index (χ0v) is 10.7. The second kappa shape index (κ2) is 4.02. The van der Waals surface area contributed by atoms with Crippen molar-refractivity contribution in [2.75, 3.05) is 11.9 Å². The van der Waals surface area contributed by atoms with Crippen molar-refractivity contribution in [2.24, 2.45) is 0 Å². The molecule has 1 saturated heterocycles. The minimum absolute atomic E-state index is 0.00682. The van der Waals surface area contributed by atoms with Crippen LogP contribution in [-0.2, 0) is 11.3 Å². The number of aryl methyl sites for hydroxylation is 1. The number of imidazole rings is 1. The van der Waals surface area contributed by atoms with Gasteiger partial charge in [0.1, 0.15) is 0 Å². The quantitative estimate of drug-likeness (QED) is 0.870. The van der Waals surface area contributed by atoms with Gasteiger partial charge in [0, 0.05) is 18.8 Å². The molecule has 1 unspecified atom stereocenters. The average Bonchev–Trinajstić information content (AvgIpc) is 2.88. The van der Waals surface area contributed by atoms with E-state index in [-0.39, 0.29) is 5.60 Å². The molecule has 1 N–H and O–H groups in total. The van der Waals surface area contributed by atoms with Crippen LogP contribution in [0.4, 0.5) is 5.95 Å². The molecular formula is C13H21N3O. The Balaban J connectivity index is 1.76. The fourth-order valence-electron chi connectivity index (χ4n) is 2.51. The van der Waals surface area contributed by atoms with Crippen LogP contribution in [-0.4, -0.2) is 27.8 Å². The molecule has 2 fully saturated rings. The van der Waals surface area contributed by atoms with Gasteiger partial charge in [-0.25, -0.2) is 4.98 Å². The molecule has 1 aliphatic carbocycles. The molecule has 4 nitrogen and oxygen atoms in total. The van der Waals surface area contributed by atoms with Gasteiger partial charge in [-0.15, -0.1) is 0 Å². The molecule has 0 bridgehead atoms. The van der Waals surface area contributed by atoms with E-state index in [9.17, 15) is 0 Å². The monoisotopic (exact) mass is 235 g/mol. The maximum atomic E-state index is 5.85. The van der Waals surface area contributed by atoms with E-state index in [4.69, 9.17) is 4.74 Å². The number of ether oxygens (including phenoxy) is 1. The van der Waals surface area contributed by atoms with Gasteiger partial charge in [0.15, 0.2) is 0 Å². The molecule has 2 heterocycles. The molecule has 0 amide bonds. The highest BCUT2D eigenvalue weighted by Gasteiger charge is 2.31. The molecule has 94 valence electrons. The predicted molar refractivity (Wildman–Crippen MR) is 67.2 cm³/mol. The third-order valence-corrected chi connectivity index (χ3v) is 3.61. The summed E-state index contributed by atoms with van der Waals surface area (Å²) < 4.78 is 8.07. The predicted octanol–water partition coefficient (Wildman–Crippen LogP) is 2.33. The average molecular weight is 235 g/mol. The van der Waals surface area contributed by atoms with Gasteiger partial charge in [-0.05, 0) is 39.5 Å². The Morgan fingerprint density at radius 2 is 2.41 bits per heavy atom. The van der Waals surface area contributed by atoms with Gasteiger partial charge in [0.05, 0.1) is 17.8 Å². The number of aromatic nitrogens is 2. The van der Waals surface area contributed by atoms with Gasteiger partial charge < -0.3 is 14.6 Å². The standard InChI is InChI=1S/C13H21N3O/c1-10-8-16(9-13(2)6-3-7-17-13)12(14-10)15-11-4-5-11/h8,11H,3-7,9H2,1-2H3,(H,14,15). The Morgan fingerprint density at radius 3 is 3.06 bits per heavy atom. The smallest absolute Gasteiger partial charge is 0.203 e. The second-order valence-corrected chi connectivity index (χ2v) is 5.65. The lowest BCUT2D eigenvalue weighted by molar-refractivity contribution is 0.00662. The summed E-state index contributed by atoms with van der Waals surface area (Å²) in [6.45, 7) is 6.06. The highest BCUT2D eigenvalue weighted by molar-refractivity contribution is 5.32. The van der Waals surface area contributed by atoms with E-state index >= 15 is 0 Å². The number of hydrogen-bond acceptors (Lipinski definition) is 3. The first-order valence-electron chi connectivity index (χ1n) is 6.59. The van der Waals surface area contributed by atoms with Crippen LogP contribution in [0.3, 0.4) is 0 Å². The van der Waals surface area contributed by atoms with Gasteiger partial charge in [-0.1, -0.05) is 0 Å². The van der Waals surface area contributed by atoms with Gasteiger partial charge in [0.2, 0.25) is 5.95 Å². The minimum atomic E-state index is -0.00682. The van der Waals surface area contributed by atoms with Crippen molar-refractivity contribution in [3.05, 3.63) is 11.9 Å². The summed E-state index contributed by atoms with van der Waals surface area (Å²) in [5.41, 5.74) is 1.07.